The Morgan fingerprint density at radius 2 is 2.04 bits per heavy atom. The molecule has 0 saturated carbocycles. The third-order valence-electron chi connectivity index (χ3n) is 4.55. The van der Waals surface area contributed by atoms with Crippen molar-refractivity contribution in [2.45, 2.75) is 26.3 Å². The highest BCUT2D eigenvalue weighted by Crippen LogP contribution is 2.18. The van der Waals surface area contributed by atoms with Gasteiger partial charge in [0.1, 0.15) is 11.5 Å². The molecule has 1 aliphatic rings. The lowest BCUT2D eigenvalue weighted by molar-refractivity contribution is 0.0683. The van der Waals surface area contributed by atoms with Crippen molar-refractivity contribution in [3.05, 3.63) is 65.2 Å². The molecule has 6 heteroatoms. The summed E-state index contributed by atoms with van der Waals surface area (Å²) in [7, 11) is 0. The number of rotatable bonds is 4. The van der Waals surface area contributed by atoms with Crippen molar-refractivity contribution in [1.82, 2.24) is 15.2 Å². The molecule has 1 aromatic heterocycles. The second kappa shape index (κ2) is 8.08. The first-order chi connectivity index (χ1) is 12.5. The zero-order valence-corrected chi connectivity index (χ0v) is 14.7. The van der Waals surface area contributed by atoms with Crippen LogP contribution in [0.5, 0.6) is 0 Å². The van der Waals surface area contributed by atoms with Gasteiger partial charge in [0.05, 0.1) is 0 Å². The summed E-state index contributed by atoms with van der Waals surface area (Å²) in [4.78, 5) is 30.9. The first kappa shape index (κ1) is 18.0. The predicted molar refractivity (Wildman–Crippen MR) is 96.1 cm³/mol. The van der Waals surface area contributed by atoms with E-state index in [-0.39, 0.29) is 29.9 Å². The maximum absolute atomic E-state index is 12.9. The molecule has 2 heterocycles. The van der Waals surface area contributed by atoms with Crippen molar-refractivity contribution in [3.63, 3.8) is 0 Å². The second-order valence-electron chi connectivity index (χ2n) is 6.74. The fourth-order valence-corrected chi connectivity index (χ4v) is 3.12. The summed E-state index contributed by atoms with van der Waals surface area (Å²) in [5.41, 5.74) is 1.46. The molecule has 1 atom stereocenters. The molecule has 0 bridgehead atoms. The molecule has 1 aliphatic heterocycles. The van der Waals surface area contributed by atoms with Crippen LogP contribution >= 0.6 is 0 Å². The summed E-state index contributed by atoms with van der Waals surface area (Å²) in [6, 6.07) is 9.08. The number of carbonyl (C=O) groups excluding carboxylic acids is 2. The average molecular weight is 355 g/mol. The van der Waals surface area contributed by atoms with Crippen LogP contribution in [0, 0.1) is 11.7 Å². The van der Waals surface area contributed by atoms with E-state index in [1.807, 2.05) is 4.90 Å². The van der Waals surface area contributed by atoms with E-state index in [1.165, 1.54) is 24.4 Å². The number of nitrogens with one attached hydrogen (secondary N) is 1. The van der Waals surface area contributed by atoms with Crippen LogP contribution in [0.25, 0.3) is 0 Å². The summed E-state index contributed by atoms with van der Waals surface area (Å²) in [5.74, 6) is -0.254. The van der Waals surface area contributed by atoms with E-state index in [0.29, 0.717) is 11.5 Å². The van der Waals surface area contributed by atoms with Gasteiger partial charge in [-0.3, -0.25) is 14.6 Å². The van der Waals surface area contributed by atoms with Gasteiger partial charge in [-0.05, 0) is 48.6 Å². The van der Waals surface area contributed by atoms with Crippen LogP contribution in [-0.4, -0.2) is 34.8 Å². The Balaban J connectivity index is 1.65. The van der Waals surface area contributed by atoms with E-state index in [9.17, 15) is 14.0 Å². The van der Waals surface area contributed by atoms with Crippen LogP contribution < -0.4 is 5.32 Å². The third-order valence-corrected chi connectivity index (χ3v) is 4.55. The number of pyridine rings is 1. The van der Waals surface area contributed by atoms with Gasteiger partial charge in [0, 0.05) is 31.4 Å². The van der Waals surface area contributed by atoms with E-state index in [1.54, 1.807) is 18.2 Å². The lowest BCUT2D eigenvalue weighted by Gasteiger charge is -2.31. The number of nitrogens with zero attached hydrogens (tertiary/aromatic N) is 2. The van der Waals surface area contributed by atoms with Gasteiger partial charge >= 0.3 is 0 Å². The van der Waals surface area contributed by atoms with Crippen LogP contribution in [0.15, 0.2) is 42.6 Å². The van der Waals surface area contributed by atoms with Crippen molar-refractivity contribution in [1.29, 1.82) is 0 Å². The largest absolute Gasteiger partial charge is 0.347 e. The first-order valence-corrected chi connectivity index (χ1v) is 8.81. The minimum Gasteiger partial charge on any atom is -0.347 e. The Bertz CT molecular complexity index is 792. The van der Waals surface area contributed by atoms with E-state index in [2.05, 4.69) is 17.2 Å². The Morgan fingerprint density at radius 3 is 2.77 bits per heavy atom. The molecule has 1 aromatic carbocycles. The number of aromatic nitrogens is 1. The Labute approximate surface area is 152 Å². The zero-order valence-electron chi connectivity index (χ0n) is 14.7. The Hall–Kier alpha value is -2.76. The lowest BCUT2D eigenvalue weighted by atomic mass is 9.99. The van der Waals surface area contributed by atoms with E-state index >= 15 is 0 Å². The fourth-order valence-electron chi connectivity index (χ4n) is 3.12. The molecule has 0 aliphatic carbocycles. The van der Waals surface area contributed by atoms with Crippen LogP contribution in [0.4, 0.5) is 4.39 Å². The van der Waals surface area contributed by atoms with Gasteiger partial charge in [-0.1, -0.05) is 19.1 Å². The third kappa shape index (κ3) is 4.45. The molecule has 26 heavy (non-hydrogen) atoms. The number of amides is 2. The van der Waals surface area contributed by atoms with Crippen molar-refractivity contribution >= 4 is 11.8 Å². The molecule has 3 rings (SSSR count). The zero-order chi connectivity index (χ0) is 18.5. The minimum absolute atomic E-state index is 0.0634. The Kier molecular flexibility index (Phi) is 5.61. The minimum atomic E-state index is -0.365. The Morgan fingerprint density at radius 1 is 1.27 bits per heavy atom. The van der Waals surface area contributed by atoms with Crippen LogP contribution in [0.2, 0.25) is 0 Å². The fraction of sp³-hybridized carbons (Fsp3) is 0.350. The molecule has 2 amide bonds. The highest BCUT2D eigenvalue weighted by atomic mass is 19.1. The molecule has 1 N–H and O–H groups in total. The van der Waals surface area contributed by atoms with Crippen molar-refractivity contribution in [2.75, 3.05) is 13.1 Å². The van der Waals surface area contributed by atoms with Crippen molar-refractivity contribution in [3.8, 4) is 0 Å². The first-order valence-electron chi connectivity index (χ1n) is 8.81. The maximum atomic E-state index is 12.9. The van der Waals surface area contributed by atoms with Gasteiger partial charge in [-0.25, -0.2) is 4.39 Å². The van der Waals surface area contributed by atoms with Gasteiger partial charge < -0.3 is 10.2 Å². The van der Waals surface area contributed by atoms with Gasteiger partial charge in [0.15, 0.2) is 0 Å². The molecule has 1 saturated heterocycles. The highest BCUT2D eigenvalue weighted by molar-refractivity contribution is 5.98. The number of likely N-dealkylation sites (tertiary alicyclic amines) is 1. The van der Waals surface area contributed by atoms with Crippen LogP contribution in [0.1, 0.15) is 46.2 Å². The molecule has 136 valence electrons. The number of halogens is 1. The van der Waals surface area contributed by atoms with Gasteiger partial charge in [0.25, 0.3) is 11.8 Å². The lowest BCUT2D eigenvalue weighted by Crippen LogP contribution is -2.39. The molecular weight excluding hydrogens is 333 g/mol. The molecular formula is C20H22FN3O2. The number of carbonyl (C=O) groups is 2. The van der Waals surface area contributed by atoms with Gasteiger partial charge in [-0.2, -0.15) is 0 Å². The topological polar surface area (TPSA) is 62.3 Å². The second-order valence-corrected chi connectivity index (χ2v) is 6.74. The van der Waals surface area contributed by atoms with Crippen LogP contribution in [-0.2, 0) is 6.54 Å². The summed E-state index contributed by atoms with van der Waals surface area (Å²) >= 11 is 0. The van der Waals surface area contributed by atoms with E-state index < -0.39 is 0 Å². The number of hydrogen-bond donors (Lipinski definition) is 1. The standard InChI is InChI=1S/C20H22FN3O2/c1-14-3-2-10-24(13-14)20(26)16-8-9-22-18(11-16)19(25)23-12-15-4-6-17(21)7-5-15/h4-9,11,14H,2-3,10,12-13H2,1H3,(H,23,25). The average Bonchev–Trinajstić information content (AvgIpc) is 2.67. The van der Waals surface area contributed by atoms with Gasteiger partial charge in [0.2, 0.25) is 0 Å². The smallest absolute Gasteiger partial charge is 0.270 e. The number of hydrogen-bond acceptors (Lipinski definition) is 3. The molecule has 5 nitrogen and oxygen atoms in total. The monoisotopic (exact) mass is 355 g/mol. The highest BCUT2D eigenvalue weighted by Gasteiger charge is 2.22. The molecule has 0 spiro atoms. The van der Waals surface area contributed by atoms with E-state index in [0.717, 1.165) is 31.5 Å². The maximum Gasteiger partial charge on any atom is 0.270 e. The summed E-state index contributed by atoms with van der Waals surface area (Å²) in [6.07, 6.45) is 3.62. The molecule has 1 unspecified atom stereocenters. The predicted octanol–water partition coefficient (Wildman–Crippen LogP) is 3.02. The van der Waals surface area contributed by atoms with Gasteiger partial charge in [-0.15, -0.1) is 0 Å². The normalized spacial score (nSPS) is 17.0. The number of piperidine rings is 1. The quantitative estimate of drug-likeness (QED) is 0.917. The van der Waals surface area contributed by atoms with Crippen molar-refractivity contribution in [2.24, 2.45) is 5.92 Å². The number of benzene rings is 1. The van der Waals surface area contributed by atoms with E-state index in [4.69, 9.17) is 0 Å². The summed E-state index contributed by atoms with van der Waals surface area (Å²) < 4.78 is 12.9. The summed E-state index contributed by atoms with van der Waals surface area (Å²) in [5, 5.41) is 2.74. The SMILES string of the molecule is CC1CCCN(C(=O)c2ccnc(C(=O)NCc3ccc(F)cc3)c2)C1. The molecule has 0 radical (unpaired) electrons. The molecule has 1 fully saturated rings. The van der Waals surface area contributed by atoms with Crippen LogP contribution in [0.3, 0.4) is 0 Å². The summed E-state index contributed by atoms with van der Waals surface area (Å²) in [6.45, 7) is 3.90. The van der Waals surface area contributed by atoms with Crippen molar-refractivity contribution < 1.29 is 14.0 Å². The molecule has 2 aromatic rings.